The number of rotatable bonds is 19. The van der Waals surface area contributed by atoms with E-state index < -0.39 is 8.80 Å². The van der Waals surface area contributed by atoms with Gasteiger partial charge in [0.05, 0.1) is 0 Å². The van der Waals surface area contributed by atoms with Crippen molar-refractivity contribution in [2.75, 3.05) is 31.3 Å². The second kappa shape index (κ2) is 16.9. The van der Waals surface area contributed by atoms with Crippen molar-refractivity contribution in [2.24, 2.45) is 0 Å². The van der Waals surface area contributed by atoms with Gasteiger partial charge in [-0.1, -0.05) is 74.9 Å². The quantitative estimate of drug-likeness (QED) is 0.153. The summed E-state index contributed by atoms with van der Waals surface area (Å²) < 4.78 is 17.9. The van der Waals surface area contributed by atoms with Gasteiger partial charge in [0.2, 0.25) is 0 Å². The summed E-state index contributed by atoms with van der Waals surface area (Å²) in [6.07, 6.45) is 10.1. The van der Waals surface area contributed by atoms with Crippen LogP contribution in [0, 0.1) is 0 Å². The van der Waals surface area contributed by atoms with Crippen LogP contribution in [0.4, 0.5) is 11.4 Å². The third kappa shape index (κ3) is 10.4. The highest BCUT2D eigenvalue weighted by molar-refractivity contribution is 6.60. The Morgan fingerprint density at radius 3 is 1.36 bits per heavy atom. The van der Waals surface area contributed by atoms with E-state index in [1.807, 2.05) is 20.8 Å². The first-order chi connectivity index (χ1) is 16.2. The Morgan fingerprint density at radius 1 is 0.545 bits per heavy atom. The number of nitrogens with zero attached hydrogens (tertiary/aromatic N) is 1. The van der Waals surface area contributed by atoms with Crippen LogP contribution < -0.4 is 4.90 Å². The molecule has 0 saturated carbocycles. The molecular weight excluding hydrogens is 426 g/mol. The van der Waals surface area contributed by atoms with Gasteiger partial charge in [0, 0.05) is 43.8 Å². The molecule has 0 spiro atoms. The van der Waals surface area contributed by atoms with E-state index in [2.05, 4.69) is 65.6 Å². The van der Waals surface area contributed by atoms with Gasteiger partial charge in [-0.25, -0.2) is 0 Å². The molecule has 0 aromatic heterocycles. The zero-order valence-electron chi connectivity index (χ0n) is 21.1. The third-order valence-corrected chi connectivity index (χ3v) is 8.99. The van der Waals surface area contributed by atoms with Gasteiger partial charge in [-0.3, -0.25) is 0 Å². The Bertz CT molecular complexity index is 657. The molecule has 0 bridgehead atoms. The van der Waals surface area contributed by atoms with E-state index in [-0.39, 0.29) is 0 Å². The molecule has 184 valence electrons. The van der Waals surface area contributed by atoms with Gasteiger partial charge in [-0.2, -0.15) is 0 Å². The van der Waals surface area contributed by atoms with Crippen LogP contribution in [0.5, 0.6) is 0 Å². The van der Waals surface area contributed by atoms with Crippen molar-refractivity contribution in [3.05, 3.63) is 60.7 Å². The number of hydrogen-bond acceptors (Lipinski definition) is 4. The second-order valence-electron chi connectivity index (χ2n) is 8.38. The average molecular weight is 472 g/mol. The van der Waals surface area contributed by atoms with Gasteiger partial charge in [0.1, 0.15) is 0 Å². The molecule has 2 aromatic carbocycles. The van der Waals surface area contributed by atoms with Crippen LogP contribution in [0.15, 0.2) is 60.7 Å². The Morgan fingerprint density at radius 2 is 0.939 bits per heavy atom. The summed E-state index contributed by atoms with van der Waals surface area (Å²) in [5.41, 5.74) is 2.55. The lowest BCUT2D eigenvalue weighted by molar-refractivity contribution is 0.0706. The van der Waals surface area contributed by atoms with Gasteiger partial charge in [0.15, 0.2) is 0 Å². The van der Waals surface area contributed by atoms with Crippen molar-refractivity contribution in [2.45, 2.75) is 78.2 Å². The SMILES string of the molecule is CCO[Si](CCCCCCCCCCN(c1ccccc1)c1ccccc1)(OCC)OCC. The summed E-state index contributed by atoms with van der Waals surface area (Å²) in [4.78, 5) is 2.44. The van der Waals surface area contributed by atoms with Crippen molar-refractivity contribution in [1.29, 1.82) is 0 Å². The zero-order chi connectivity index (χ0) is 23.6. The van der Waals surface area contributed by atoms with E-state index in [4.69, 9.17) is 13.3 Å². The summed E-state index contributed by atoms with van der Waals surface area (Å²) in [5, 5.41) is 0. The number of unbranched alkanes of at least 4 members (excludes halogenated alkanes) is 7. The summed E-state index contributed by atoms with van der Waals surface area (Å²) in [6.45, 7) is 9.14. The number of para-hydroxylation sites is 2. The third-order valence-electron chi connectivity index (χ3n) is 5.84. The molecule has 5 heteroatoms. The minimum Gasteiger partial charge on any atom is -0.374 e. The van der Waals surface area contributed by atoms with Crippen molar-refractivity contribution in [3.8, 4) is 0 Å². The maximum absolute atomic E-state index is 5.96. The first-order valence-electron chi connectivity index (χ1n) is 13.0. The largest absolute Gasteiger partial charge is 0.500 e. The highest BCUT2D eigenvalue weighted by Gasteiger charge is 2.39. The predicted molar refractivity (Wildman–Crippen MR) is 142 cm³/mol. The molecule has 0 atom stereocenters. The highest BCUT2D eigenvalue weighted by atomic mass is 28.4. The summed E-state index contributed by atoms with van der Waals surface area (Å²) in [7, 11) is -2.45. The fraction of sp³-hybridized carbons (Fsp3) is 0.571. The molecule has 2 aromatic rings. The van der Waals surface area contributed by atoms with Crippen molar-refractivity contribution in [3.63, 3.8) is 0 Å². The van der Waals surface area contributed by atoms with Crippen LogP contribution in [0.3, 0.4) is 0 Å². The minimum absolute atomic E-state index is 0.665. The van der Waals surface area contributed by atoms with E-state index in [1.165, 1.54) is 56.3 Å². The molecule has 0 aliphatic carbocycles. The summed E-state index contributed by atoms with van der Waals surface area (Å²) in [5.74, 6) is 0. The van der Waals surface area contributed by atoms with Crippen molar-refractivity contribution >= 4 is 20.2 Å². The van der Waals surface area contributed by atoms with Crippen molar-refractivity contribution in [1.82, 2.24) is 0 Å². The number of benzene rings is 2. The first-order valence-corrected chi connectivity index (χ1v) is 15.0. The van der Waals surface area contributed by atoms with E-state index in [0.29, 0.717) is 19.8 Å². The molecule has 0 radical (unpaired) electrons. The van der Waals surface area contributed by atoms with E-state index in [1.54, 1.807) is 0 Å². The van der Waals surface area contributed by atoms with Crippen LogP contribution in [-0.2, 0) is 13.3 Å². The molecule has 4 nitrogen and oxygen atoms in total. The van der Waals surface area contributed by atoms with Gasteiger partial charge >= 0.3 is 8.80 Å². The second-order valence-corrected chi connectivity index (χ2v) is 11.1. The normalized spacial score (nSPS) is 11.6. The Hall–Kier alpha value is -1.66. The lowest BCUT2D eigenvalue weighted by Gasteiger charge is -2.28. The predicted octanol–water partition coefficient (Wildman–Crippen LogP) is 7.99. The minimum atomic E-state index is -2.45. The van der Waals surface area contributed by atoms with E-state index >= 15 is 0 Å². The fourth-order valence-corrected chi connectivity index (χ4v) is 6.98. The molecule has 0 unspecified atom stereocenters. The lowest BCUT2D eigenvalue weighted by atomic mass is 10.1. The number of anilines is 2. The molecule has 0 saturated heterocycles. The maximum atomic E-state index is 5.96. The van der Waals surface area contributed by atoms with Crippen LogP contribution in [0.1, 0.15) is 72.1 Å². The van der Waals surface area contributed by atoms with Crippen molar-refractivity contribution < 1.29 is 13.3 Å². The Kier molecular flexibility index (Phi) is 14.1. The molecule has 0 aliphatic heterocycles. The molecular formula is C28H45NO3Si. The van der Waals surface area contributed by atoms with Gasteiger partial charge in [-0.05, 0) is 57.9 Å². The zero-order valence-corrected chi connectivity index (χ0v) is 22.1. The average Bonchev–Trinajstić information content (AvgIpc) is 2.84. The standard InChI is InChI=1S/C28H45NO3Si/c1-4-30-33(31-5-2,32-6-3)26-20-12-10-8-7-9-11-19-25-29(27-21-15-13-16-22-27)28-23-17-14-18-24-28/h13-18,21-24H,4-12,19-20,25-26H2,1-3H3. The monoisotopic (exact) mass is 471 g/mol. The molecule has 33 heavy (non-hydrogen) atoms. The first kappa shape index (κ1) is 27.6. The lowest BCUT2D eigenvalue weighted by Crippen LogP contribution is -2.45. The van der Waals surface area contributed by atoms with Crippen LogP contribution in [-0.4, -0.2) is 35.2 Å². The molecule has 0 N–H and O–H groups in total. The topological polar surface area (TPSA) is 30.9 Å². The van der Waals surface area contributed by atoms with Crippen LogP contribution in [0.25, 0.3) is 0 Å². The van der Waals surface area contributed by atoms with E-state index in [9.17, 15) is 0 Å². The molecule has 0 aliphatic rings. The van der Waals surface area contributed by atoms with Crippen LogP contribution in [0.2, 0.25) is 6.04 Å². The summed E-state index contributed by atoms with van der Waals surface area (Å²) in [6, 6.07) is 22.4. The van der Waals surface area contributed by atoms with Gasteiger partial charge in [0.25, 0.3) is 0 Å². The Balaban J connectivity index is 1.62. The van der Waals surface area contributed by atoms with Crippen LogP contribution >= 0.6 is 0 Å². The maximum Gasteiger partial charge on any atom is 0.500 e. The van der Waals surface area contributed by atoms with Gasteiger partial charge < -0.3 is 18.2 Å². The highest BCUT2D eigenvalue weighted by Crippen LogP contribution is 2.26. The molecule has 0 amide bonds. The van der Waals surface area contributed by atoms with E-state index in [0.717, 1.165) is 19.0 Å². The number of hydrogen-bond donors (Lipinski definition) is 0. The Labute approximate surface area is 203 Å². The molecule has 0 fully saturated rings. The molecule has 2 rings (SSSR count). The summed E-state index contributed by atoms with van der Waals surface area (Å²) >= 11 is 0. The smallest absolute Gasteiger partial charge is 0.374 e. The molecule has 0 heterocycles. The fourth-order valence-electron chi connectivity index (χ4n) is 4.30. The van der Waals surface area contributed by atoms with Gasteiger partial charge in [-0.15, -0.1) is 0 Å².